The van der Waals surface area contributed by atoms with Crippen LogP contribution >= 0.6 is 0 Å². The van der Waals surface area contributed by atoms with Gasteiger partial charge in [-0.15, -0.1) is 5.46 Å². The molecule has 0 heterocycles. The van der Waals surface area contributed by atoms with Gasteiger partial charge in [-0.2, -0.15) is 0 Å². The van der Waals surface area contributed by atoms with Crippen LogP contribution in [0.15, 0.2) is 12.1 Å². The first-order chi connectivity index (χ1) is 6.36. The zero-order valence-corrected chi connectivity index (χ0v) is 11.9. The van der Waals surface area contributed by atoms with Crippen LogP contribution < -0.4 is 68.3 Å². The van der Waals surface area contributed by atoms with Gasteiger partial charge in [-0.05, 0) is 18.6 Å². The number of anilines is 1. The molecule has 15 heavy (non-hydrogen) atoms. The van der Waals surface area contributed by atoms with Crippen LogP contribution in [-0.4, -0.2) is 6.98 Å². The zero-order valence-electron chi connectivity index (χ0n) is 8.73. The maximum atomic E-state index is 12.5. The third-order valence-corrected chi connectivity index (χ3v) is 2.14. The Balaban J connectivity index is 0.00000196. The molecule has 1 aromatic carbocycles. The molecule has 0 unspecified atom stereocenters. The van der Waals surface area contributed by atoms with Crippen molar-refractivity contribution in [2.45, 2.75) is 13.5 Å². The summed E-state index contributed by atoms with van der Waals surface area (Å²) in [5.41, 5.74) is 10.7. The standard InChI is InChI=1S/C8H11BF3N2.K/c1-5-7(9(10,11)12)2-6(4-13)3-8(5)14;/h2-3H,4,13-14H2,1H3;/q-1;+1. The van der Waals surface area contributed by atoms with E-state index in [1.807, 2.05) is 0 Å². The Morgan fingerprint density at radius 2 is 1.80 bits per heavy atom. The van der Waals surface area contributed by atoms with Crippen molar-refractivity contribution in [2.75, 3.05) is 5.73 Å². The Morgan fingerprint density at radius 1 is 1.27 bits per heavy atom. The minimum Gasteiger partial charge on any atom is -0.445 e. The van der Waals surface area contributed by atoms with E-state index in [0.29, 0.717) is 5.56 Å². The van der Waals surface area contributed by atoms with Gasteiger partial charge in [-0.25, -0.2) is 0 Å². The van der Waals surface area contributed by atoms with Gasteiger partial charge in [-0.1, -0.05) is 11.6 Å². The van der Waals surface area contributed by atoms with Crippen molar-refractivity contribution in [1.82, 2.24) is 0 Å². The summed E-state index contributed by atoms with van der Waals surface area (Å²) in [5, 5.41) is 0. The van der Waals surface area contributed by atoms with E-state index in [0.717, 1.165) is 6.07 Å². The molecular weight excluding hydrogens is 231 g/mol. The van der Waals surface area contributed by atoms with E-state index in [1.165, 1.54) is 13.0 Å². The summed E-state index contributed by atoms with van der Waals surface area (Å²) in [6.07, 6.45) is 0. The molecule has 7 heteroatoms. The van der Waals surface area contributed by atoms with Crippen molar-refractivity contribution >= 4 is 18.1 Å². The van der Waals surface area contributed by atoms with E-state index in [9.17, 15) is 12.9 Å². The number of hydrogen-bond donors (Lipinski definition) is 2. The summed E-state index contributed by atoms with van der Waals surface area (Å²) in [6.45, 7) is -3.59. The maximum Gasteiger partial charge on any atom is 1.00 e. The first-order valence-corrected chi connectivity index (χ1v) is 4.15. The topological polar surface area (TPSA) is 52.0 Å². The summed E-state index contributed by atoms with van der Waals surface area (Å²) in [7, 11) is 0. The molecule has 0 bridgehead atoms. The first-order valence-electron chi connectivity index (χ1n) is 4.15. The van der Waals surface area contributed by atoms with E-state index in [4.69, 9.17) is 11.5 Å². The van der Waals surface area contributed by atoms with Crippen LogP contribution in [0.5, 0.6) is 0 Å². The molecule has 0 amide bonds. The molecule has 4 N–H and O–H groups in total. The van der Waals surface area contributed by atoms with Crippen molar-refractivity contribution in [3.05, 3.63) is 23.3 Å². The van der Waals surface area contributed by atoms with Crippen LogP contribution in [-0.2, 0) is 6.54 Å². The van der Waals surface area contributed by atoms with Crippen LogP contribution in [0.1, 0.15) is 11.1 Å². The maximum absolute atomic E-state index is 12.5. The molecule has 0 fully saturated rings. The summed E-state index contributed by atoms with van der Waals surface area (Å²) in [5.74, 6) is 0. The van der Waals surface area contributed by atoms with E-state index in [-0.39, 0.29) is 69.2 Å². The smallest absolute Gasteiger partial charge is 0.445 e. The van der Waals surface area contributed by atoms with Crippen LogP contribution in [0.2, 0.25) is 0 Å². The molecule has 0 aliphatic heterocycles. The van der Waals surface area contributed by atoms with Crippen LogP contribution in [0.3, 0.4) is 0 Å². The minimum atomic E-state index is -5.01. The van der Waals surface area contributed by atoms with Gasteiger partial charge in [0.25, 0.3) is 0 Å². The second-order valence-corrected chi connectivity index (χ2v) is 3.18. The molecule has 1 rings (SSSR count). The van der Waals surface area contributed by atoms with Gasteiger partial charge in [0, 0.05) is 12.2 Å². The Morgan fingerprint density at radius 3 is 2.20 bits per heavy atom. The second kappa shape index (κ2) is 5.70. The van der Waals surface area contributed by atoms with Crippen molar-refractivity contribution in [2.24, 2.45) is 5.73 Å². The molecule has 2 nitrogen and oxygen atoms in total. The number of nitrogen functional groups attached to an aromatic ring is 1. The van der Waals surface area contributed by atoms with Crippen LogP contribution in [0, 0.1) is 6.92 Å². The summed E-state index contributed by atoms with van der Waals surface area (Å²) in [6, 6.07) is 2.53. The van der Waals surface area contributed by atoms with Gasteiger partial charge in [0.2, 0.25) is 0 Å². The molecule has 0 saturated heterocycles. The Hall–Kier alpha value is 0.471. The second-order valence-electron chi connectivity index (χ2n) is 3.18. The van der Waals surface area contributed by atoms with Crippen molar-refractivity contribution < 1.29 is 64.3 Å². The van der Waals surface area contributed by atoms with E-state index < -0.39 is 12.4 Å². The number of halogens is 3. The minimum absolute atomic E-state index is 0. The fourth-order valence-electron chi connectivity index (χ4n) is 1.28. The molecule has 1 aromatic rings. The number of hydrogen-bond acceptors (Lipinski definition) is 2. The molecular formula is C8H11BF3KN2. The molecule has 0 aliphatic carbocycles. The van der Waals surface area contributed by atoms with Gasteiger partial charge in [0.1, 0.15) is 0 Å². The Kier molecular flexibility index (Phi) is 5.88. The molecule has 0 radical (unpaired) electrons. The van der Waals surface area contributed by atoms with E-state index >= 15 is 0 Å². The van der Waals surface area contributed by atoms with Crippen LogP contribution in [0.4, 0.5) is 18.6 Å². The molecule has 78 valence electrons. The van der Waals surface area contributed by atoms with Crippen LogP contribution in [0.25, 0.3) is 0 Å². The average molecular weight is 242 g/mol. The molecule has 0 atom stereocenters. The Labute approximate surface area is 129 Å². The summed E-state index contributed by atoms with van der Waals surface area (Å²) >= 11 is 0. The SMILES string of the molecule is Cc1c(N)cc(CN)cc1[B-](F)(F)F.[K+]. The average Bonchev–Trinajstić information content (AvgIpc) is 2.07. The van der Waals surface area contributed by atoms with Gasteiger partial charge in [-0.3, -0.25) is 0 Å². The third-order valence-electron chi connectivity index (χ3n) is 2.14. The predicted octanol–water partition coefficient (Wildman–Crippen LogP) is -1.91. The summed E-state index contributed by atoms with van der Waals surface area (Å²) in [4.78, 5) is 0. The van der Waals surface area contributed by atoms with Crippen molar-refractivity contribution in [1.29, 1.82) is 0 Å². The Bertz CT molecular complexity index is 354. The fraction of sp³-hybridized carbons (Fsp3) is 0.250. The zero-order chi connectivity index (χ0) is 10.9. The van der Waals surface area contributed by atoms with Gasteiger partial charge < -0.3 is 24.4 Å². The van der Waals surface area contributed by atoms with Gasteiger partial charge >= 0.3 is 58.4 Å². The normalized spacial score (nSPS) is 11.0. The largest absolute Gasteiger partial charge is 1.00 e. The monoisotopic (exact) mass is 242 g/mol. The quantitative estimate of drug-likeness (QED) is 0.470. The molecule has 0 spiro atoms. The molecule has 0 saturated carbocycles. The molecule has 0 aliphatic rings. The number of rotatable bonds is 2. The van der Waals surface area contributed by atoms with Gasteiger partial charge in [0.15, 0.2) is 0 Å². The van der Waals surface area contributed by atoms with Crippen molar-refractivity contribution in [3.63, 3.8) is 0 Å². The third kappa shape index (κ3) is 3.76. The van der Waals surface area contributed by atoms with E-state index in [2.05, 4.69) is 0 Å². The van der Waals surface area contributed by atoms with Gasteiger partial charge in [0.05, 0.1) is 0 Å². The predicted molar refractivity (Wildman–Crippen MR) is 52.2 cm³/mol. The number of benzene rings is 1. The first kappa shape index (κ1) is 15.5. The number of nitrogens with two attached hydrogens (primary N) is 2. The fourth-order valence-corrected chi connectivity index (χ4v) is 1.28. The van der Waals surface area contributed by atoms with E-state index in [1.54, 1.807) is 0 Å². The van der Waals surface area contributed by atoms with Crippen molar-refractivity contribution in [3.8, 4) is 0 Å². The molecule has 0 aromatic heterocycles. The summed E-state index contributed by atoms with van der Waals surface area (Å²) < 4.78 is 37.5.